The molecule has 2 aliphatic heterocycles. The molecule has 118 valence electrons. The maximum atomic E-state index is 12.5. The van der Waals surface area contributed by atoms with Crippen LogP contribution in [0.15, 0.2) is 9.90 Å². The van der Waals surface area contributed by atoms with Crippen LogP contribution < -0.4 is 20.3 Å². The molecule has 0 spiro atoms. The number of carbonyl (C=O) groups excluding carboxylic acids is 1. The minimum absolute atomic E-state index is 0.0900. The van der Waals surface area contributed by atoms with Crippen molar-refractivity contribution in [1.29, 1.82) is 0 Å². The Morgan fingerprint density at radius 2 is 2.05 bits per heavy atom. The first-order chi connectivity index (χ1) is 10.5. The Morgan fingerprint density at radius 3 is 2.64 bits per heavy atom. The van der Waals surface area contributed by atoms with E-state index in [4.69, 9.17) is 5.11 Å². The number of likely N-dealkylation sites (N-methyl/N-ethyl adjacent to an activating group) is 2. The smallest absolute Gasteiger partial charge is 0.329 e. The number of nitrogens with zero attached hydrogens (tertiary/aromatic N) is 4. The summed E-state index contributed by atoms with van der Waals surface area (Å²) in [7, 11) is 0. The van der Waals surface area contributed by atoms with Gasteiger partial charge in [-0.2, -0.15) is 0 Å². The van der Waals surface area contributed by atoms with E-state index in [1.165, 1.54) is 4.57 Å². The van der Waals surface area contributed by atoms with Crippen LogP contribution in [0.5, 0.6) is 0 Å². The molecule has 0 radical (unpaired) electrons. The molecule has 1 aromatic rings. The van der Waals surface area contributed by atoms with E-state index in [0.29, 0.717) is 17.9 Å². The average molecular weight is 325 g/mol. The second-order valence-corrected chi connectivity index (χ2v) is 5.87. The SMILES string of the molecule is CCN1C(=O)N(CC)C2C1NN=c1s/c(=C\C(=O)O)c(=O)n12. The lowest BCUT2D eigenvalue weighted by Gasteiger charge is -2.29. The third-order valence-corrected chi connectivity index (χ3v) is 4.74. The first kappa shape index (κ1) is 14.6. The molecule has 22 heavy (non-hydrogen) atoms. The van der Waals surface area contributed by atoms with Gasteiger partial charge < -0.3 is 5.11 Å². The molecule has 0 aromatic carbocycles. The average Bonchev–Trinajstić information content (AvgIpc) is 2.92. The molecule has 2 amide bonds. The van der Waals surface area contributed by atoms with Gasteiger partial charge in [-0.15, -0.1) is 5.10 Å². The Hall–Kier alpha value is -2.36. The Labute approximate surface area is 128 Å². The molecule has 2 unspecified atom stereocenters. The second-order valence-electron chi connectivity index (χ2n) is 4.86. The zero-order valence-corrected chi connectivity index (χ0v) is 12.8. The van der Waals surface area contributed by atoms with E-state index in [0.717, 1.165) is 17.4 Å². The summed E-state index contributed by atoms with van der Waals surface area (Å²) in [5, 5.41) is 13.0. The van der Waals surface area contributed by atoms with Crippen molar-refractivity contribution >= 4 is 29.4 Å². The molecule has 3 rings (SSSR count). The van der Waals surface area contributed by atoms with Gasteiger partial charge in [0.15, 0.2) is 12.3 Å². The van der Waals surface area contributed by atoms with E-state index in [9.17, 15) is 14.4 Å². The van der Waals surface area contributed by atoms with Gasteiger partial charge in [0.1, 0.15) is 4.53 Å². The van der Waals surface area contributed by atoms with Crippen molar-refractivity contribution in [2.24, 2.45) is 5.10 Å². The van der Waals surface area contributed by atoms with E-state index in [1.54, 1.807) is 9.80 Å². The zero-order chi connectivity index (χ0) is 16.0. The number of hydrogen-bond donors (Lipinski definition) is 2. The topological polar surface area (TPSA) is 107 Å². The summed E-state index contributed by atoms with van der Waals surface area (Å²) in [6.07, 6.45) is -0.0902. The lowest BCUT2D eigenvalue weighted by Crippen LogP contribution is -2.53. The van der Waals surface area contributed by atoms with Crippen molar-refractivity contribution in [2.75, 3.05) is 13.1 Å². The normalized spacial score (nSPS) is 23.9. The van der Waals surface area contributed by atoms with Crippen molar-refractivity contribution in [3.8, 4) is 0 Å². The molecular formula is C12H15N5O4S. The third-order valence-electron chi connectivity index (χ3n) is 3.76. The van der Waals surface area contributed by atoms with Crippen LogP contribution >= 0.6 is 11.3 Å². The summed E-state index contributed by atoms with van der Waals surface area (Å²) in [5.74, 6) is -1.19. The molecule has 1 fully saturated rings. The predicted molar refractivity (Wildman–Crippen MR) is 77.6 cm³/mol. The molecule has 9 nitrogen and oxygen atoms in total. The highest BCUT2D eigenvalue weighted by molar-refractivity contribution is 7.07. The fourth-order valence-electron chi connectivity index (χ4n) is 2.83. The molecule has 0 aliphatic carbocycles. The van der Waals surface area contributed by atoms with Gasteiger partial charge in [0.05, 0.1) is 0 Å². The van der Waals surface area contributed by atoms with E-state index < -0.39 is 23.9 Å². The molecule has 2 aliphatic rings. The summed E-state index contributed by atoms with van der Waals surface area (Å²) in [6, 6.07) is -0.169. The van der Waals surface area contributed by atoms with Crippen LogP contribution in [-0.2, 0) is 4.79 Å². The van der Waals surface area contributed by atoms with Crippen molar-refractivity contribution in [3.63, 3.8) is 0 Å². The van der Waals surface area contributed by atoms with Gasteiger partial charge in [-0.1, -0.05) is 11.3 Å². The summed E-state index contributed by atoms with van der Waals surface area (Å²) >= 11 is 0.990. The maximum Gasteiger partial charge on any atom is 0.329 e. The number of carbonyl (C=O) groups is 2. The van der Waals surface area contributed by atoms with Gasteiger partial charge in [0, 0.05) is 19.2 Å². The number of aliphatic carboxylic acids is 1. The minimum Gasteiger partial charge on any atom is -0.478 e. The number of thiazole rings is 1. The van der Waals surface area contributed by atoms with Crippen LogP contribution in [0.1, 0.15) is 20.0 Å². The second kappa shape index (κ2) is 5.13. The van der Waals surface area contributed by atoms with Crippen molar-refractivity contribution in [3.05, 3.63) is 19.7 Å². The van der Waals surface area contributed by atoms with E-state index >= 15 is 0 Å². The Kier molecular flexibility index (Phi) is 3.39. The van der Waals surface area contributed by atoms with Gasteiger partial charge in [0.25, 0.3) is 5.56 Å². The maximum absolute atomic E-state index is 12.5. The third kappa shape index (κ3) is 1.90. The molecule has 10 heteroatoms. The van der Waals surface area contributed by atoms with E-state index in [2.05, 4.69) is 10.5 Å². The van der Waals surface area contributed by atoms with Crippen LogP contribution in [0.4, 0.5) is 4.79 Å². The van der Waals surface area contributed by atoms with Gasteiger partial charge in [-0.25, -0.2) is 9.59 Å². The number of carboxylic acids is 1. The van der Waals surface area contributed by atoms with Gasteiger partial charge in [-0.3, -0.25) is 24.6 Å². The summed E-state index contributed by atoms with van der Waals surface area (Å²) in [6.45, 7) is 4.62. The van der Waals surface area contributed by atoms with Crippen molar-refractivity contribution in [2.45, 2.75) is 26.2 Å². The number of amides is 2. The summed E-state index contributed by atoms with van der Waals surface area (Å²) < 4.78 is 1.49. The minimum atomic E-state index is -1.19. The van der Waals surface area contributed by atoms with Crippen molar-refractivity contribution in [1.82, 2.24) is 19.8 Å². The number of aromatic nitrogens is 1. The van der Waals surface area contributed by atoms with E-state index in [-0.39, 0.29) is 10.6 Å². The predicted octanol–water partition coefficient (Wildman–Crippen LogP) is -1.49. The first-order valence-electron chi connectivity index (χ1n) is 6.86. The van der Waals surface area contributed by atoms with Crippen LogP contribution in [0.25, 0.3) is 6.08 Å². The van der Waals surface area contributed by atoms with Crippen LogP contribution in [0, 0.1) is 0 Å². The van der Waals surface area contributed by atoms with Crippen LogP contribution in [0.3, 0.4) is 0 Å². The van der Waals surface area contributed by atoms with Crippen LogP contribution in [-0.4, -0.2) is 50.7 Å². The quantitative estimate of drug-likeness (QED) is 0.704. The molecule has 1 saturated heterocycles. The van der Waals surface area contributed by atoms with Crippen LogP contribution in [0.2, 0.25) is 0 Å². The summed E-state index contributed by atoms with van der Waals surface area (Å²) in [5.41, 5.74) is 2.47. The molecule has 0 saturated carbocycles. The zero-order valence-electron chi connectivity index (χ0n) is 12.0. The fourth-order valence-corrected chi connectivity index (χ4v) is 3.76. The Bertz CT molecular complexity index is 812. The number of urea groups is 1. The van der Waals surface area contributed by atoms with Gasteiger partial charge >= 0.3 is 12.0 Å². The Balaban J connectivity index is 2.21. The lowest BCUT2D eigenvalue weighted by atomic mass is 10.3. The number of hydrogen-bond acceptors (Lipinski definition) is 6. The van der Waals surface area contributed by atoms with Crippen molar-refractivity contribution < 1.29 is 14.7 Å². The number of fused-ring (bicyclic) bond motifs is 3. The molecule has 2 atom stereocenters. The fraction of sp³-hybridized carbons (Fsp3) is 0.500. The largest absolute Gasteiger partial charge is 0.478 e. The molecule has 2 N–H and O–H groups in total. The standard InChI is InChI=1S/C12H15N5O4S/c1-3-15-8-9(16(4-2)12(15)21)17-10(20)6(5-7(18)19)22-11(17)14-13-8/h5,8-9,13H,3-4H2,1-2H3,(H,18,19)/b6-5-. The molecule has 1 aromatic heterocycles. The highest BCUT2D eigenvalue weighted by atomic mass is 32.1. The van der Waals surface area contributed by atoms with E-state index in [1.807, 2.05) is 13.8 Å². The Morgan fingerprint density at radius 1 is 1.36 bits per heavy atom. The number of carboxylic acid groups (broad SMARTS) is 1. The monoisotopic (exact) mass is 325 g/mol. The highest BCUT2D eigenvalue weighted by Crippen LogP contribution is 2.28. The summed E-state index contributed by atoms with van der Waals surface area (Å²) in [4.78, 5) is 39.2. The number of nitrogens with one attached hydrogen (secondary N) is 1. The first-order valence-corrected chi connectivity index (χ1v) is 7.67. The highest BCUT2D eigenvalue weighted by Gasteiger charge is 2.48. The number of rotatable bonds is 3. The molecule has 0 bridgehead atoms. The van der Waals surface area contributed by atoms with Gasteiger partial charge in [0.2, 0.25) is 4.80 Å². The lowest BCUT2D eigenvalue weighted by molar-refractivity contribution is -0.129. The van der Waals surface area contributed by atoms with Gasteiger partial charge in [-0.05, 0) is 13.8 Å². The molecule has 3 heterocycles. The molecular weight excluding hydrogens is 310 g/mol.